The molecule has 1 fully saturated rings. The van der Waals surface area contributed by atoms with Gasteiger partial charge in [-0.2, -0.15) is 5.10 Å². The smallest absolute Gasteiger partial charge is 0.346 e. The first-order chi connectivity index (χ1) is 19.1. The van der Waals surface area contributed by atoms with Gasteiger partial charge in [0.2, 0.25) is 0 Å². The third kappa shape index (κ3) is 5.67. The van der Waals surface area contributed by atoms with E-state index < -0.39 is 11.4 Å². The summed E-state index contributed by atoms with van der Waals surface area (Å²) in [6.07, 6.45) is 3.94. The molecule has 6 heteroatoms. The molecule has 1 aliphatic rings. The van der Waals surface area contributed by atoms with E-state index in [1.54, 1.807) is 9.25 Å². The highest BCUT2D eigenvalue weighted by molar-refractivity contribution is 5.85. The Labute approximate surface area is 236 Å². The van der Waals surface area contributed by atoms with Crippen LogP contribution in [0.1, 0.15) is 75.0 Å². The topological polar surface area (TPSA) is 77.1 Å². The van der Waals surface area contributed by atoms with E-state index in [9.17, 15) is 14.7 Å². The average Bonchev–Trinajstić information content (AvgIpc) is 3.70. The molecule has 0 bridgehead atoms. The number of carbonyl (C=O) groups is 1. The van der Waals surface area contributed by atoms with E-state index in [2.05, 4.69) is 69.3 Å². The Morgan fingerprint density at radius 1 is 0.925 bits per heavy atom. The summed E-state index contributed by atoms with van der Waals surface area (Å²) < 4.78 is 3.37. The zero-order chi connectivity index (χ0) is 28.5. The van der Waals surface area contributed by atoms with Crippen molar-refractivity contribution in [3.63, 3.8) is 0 Å². The normalized spacial score (nSPS) is 14.3. The summed E-state index contributed by atoms with van der Waals surface area (Å²) in [5.41, 5.74) is 5.94. The van der Waals surface area contributed by atoms with Gasteiger partial charge in [-0.05, 0) is 71.4 Å². The Balaban J connectivity index is 1.22. The van der Waals surface area contributed by atoms with Gasteiger partial charge in [0, 0.05) is 13.0 Å². The summed E-state index contributed by atoms with van der Waals surface area (Å²) in [7, 11) is 0. The van der Waals surface area contributed by atoms with E-state index in [1.807, 2.05) is 31.2 Å². The van der Waals surface area contributed by atoms with Crippen LogP contribution in [0.4, 0.5) is 0 Å². The van der Waals surface area contributed by atoms with Gasteiger partial charge in [0.25, 0.3) is 0 Å². The zero-order valence-corrected chi connectivity index (χ0v) is 24.0. The molecule has 6 nitrogen and oxygen atoms in total. The lowest BCUT2D eigenvalue weighted by molar-refractivity contribution is -0.140. The number of carboxylic acid groups (broad SMARTS) is 1. The third-order valence-corrected chi connectivity index (χ3v) is 8.20. The second-order valence-electron chi connectivity index (χ2n) is 12.1. The van der Waals surface area contributed by atoms with Gasteiger partial charge in [0.05, 0.1) is 12.0 Å². The van der Waals surface area contributed by atoms with Gasteiger partial charge in [-0.15, -0.1) is 0 Å². The van der Waals surface area contributed by atoms with Crippen molar-refractivity contribution in [2.24, 2.45) is 0 Å². The van der Waals surface area contributed by atoms with Crippen LogP contribution in [0.15, 0.2) is 77.6 Å². The minimum Gasteiger partial charge on any atom is -0.481 e. The van der Waals surface area contributed by atoms with Crippen molar-refractivity contribution in [2.75, 3.05) is 0 Å². The molecule has 3 aromatic carbocycles. The van der Waals surface area contributed by atoms with Crippen LogP contribution >= 0.6 is 0 Å². The molecule has 1 heterocycles. The molecule has 0 saturated heterocycles. The predicted octanol–water partition coefficient (Wildman–Crippen LogP) is 6.37. The Kier molecular flexibility index (Phi) is 7.54. The van der Waals surface area contributed by atoms with Crippen LogP contribution in [0, 0.1) is 0 Å². The summed E-state index contributed by atoms with van der Waals surface area (Å²) >= 11 is 0. The zero-order valence-electron chi connectivity index (χ0n) is 24.0. The summed E-state index contributed by atoms with van der Waals surface area (Å²) in [5, 5.41) is 14.3. The third-order valence-electron chi connectivity index (χ3n) is 8.20. The Hall–Kier alpha value is -3.93. The lowest BCUT2D eigenvalue weighted by atomic mass is 9.87. The summed E-state index contributed by atoms with van der Waals surface area (Å²) in [6.45, 7) is 9.66. The molecule has 208 valence electrons. The number of aryl methyl sites for hydroxylation is 2. The summed E-state index contributed by atoms with van der Waals surface area (Å²) in [4.78, 5) is 24.8. The highest BCUT2D eigenvalue weighted by Crippen LogP contribution is 2.49. The number of aromatic nitrogens is 3. The second kappa shape index (κ2) is 10.9. The van der Waals surface area contributed by atoms with E-state index in [0.717, 1.165) is 47.3 Å². The van der Waals surface area contributed by atoms with Crippen LogP contribution in [0.5, 0.6) is 0 Å². The van der Waals surface area contributed by atoms with Crippen molar-refractivity contribution in [3.05, 3.63) is 111 Å². The minimum absolute atomic E-state index is 0.0557. The van der Waals surface area contributed by atoms with Crippen molar-refractivity contribution >= 4 is 5.97 Å². The molecule has 0 unspecified atom stereocenters. The maximum atomic E-state index is 13.0. The first-order valence-electron chi connectivity index (χ1n) is 14.3. The van der Waals surface area contributed by atoms with Crippen molar-refractivity contribution in [1.82, 2.24) is 14.3 Å². The maximum absolute atomic E-state index is 13.0. The molecule has 0 atom stereocenters. The Morgan fingerprint density at radius 3 is 2.20 bits per heavy atom. The molecule has 1 aromatic heterocycles. The van der Waals surface area contributed by atoms with Crippen molar-refractivity contribution in [3.8, 4) is 11.1 Å². The fourth-order valence-electron chi connectivity index (χ4n) is 5.44. The van der Waals surface area contributed by atoms with Gasteiger partial charge in [0.1, 0.15) is 5.82 Å². The van der Waals surface area contributed by atoms with E-state index in [1.165, 1.54) is 11.1 Å². The van der Waals surface area contributed by atoms with Gasteiger partial charge < -0.3 is 5.11 Å². The van der Waals surface area contributed by atoms with Crippen molar-refractivity contribution < 1.29 is 9.90 Å². The molecule has 1 saturated carbocycles. The first kappa shape index (κ1) is 27.6. The molecule has 0 aliphatic heterocycles. The lowest BCUT2D eigenvalue weighted by Crippen LogP contribution is -2.25. The Morgan fingerprint density at radius 2 is 1.60 bits per heavy atom. The molecule has 1 N–H and O–H groups in total. The first-order valence-corrected chi connectivity index (χ1v) is 14.3. The van der Waals surface area contributed by atoms with Gasteiger partial charge in [-0.25, -0.2) is 9.48 Å². The van der Waals surface area contributed by atoms with E-state index in [-0.39, 0.29) is 11.1 Å². The number of rotatable bonds is 10. The number of carboxylic acids is 1. The lowest BCUT2D eigenvalue weighted by Gasteiger charge is -2.19. The molecule has 4 aromatic rings. The molecule has 40 heavy (non-hydrogen) atoms. The number of nitrogens with zero attached hydrogens (tertiary/aromatic N) is 3. The van der Waals surface area contributed by atoms with Crippen molar-refractivity contribution in [1.29, 1.82) is 0 Å². The van der Waals surface area contributed by atoms with Crippen LogP contribution in [-0.4, -0.2) is 25.4 Å². The molecular weight excluding hydrogens is 498 g/mol. The van der Waals surface area contributed by atoms with Crippen LogP contribution in [0.25, 0.3) is 11.1 Å². The van der Waals surface area contributed by atoms with E-state index >= 15 is 0 Å². The van der Waals surface area contributed by atoms with Crippen LogP contribution < -0.4 is 5.69 Å². The highest BCUT2D eigenvalue weighted by atomic mass is 16.4. The van der Waals surface area contributed by atoms with Gasteiger partial charge >= 0.3 is 11.7 Å². The standard InChI is InChI=1S/C34H39N3O3/c1-5-36-30(35-37(32(36)40)23-25-14-18-28(19-15-25)33(2,3)4)11-6-8-24-12-16-26(17-13-24)27-9-7-10-29(22-27)34(20-21-34)31(38)39/h7,9-10,12-19,22H,5-6,8,11,20-21,23H2,1-4H3,(H,38,39). The Bertz CT molecular complexity index is 1550. The van der Waals surface area contributed by atoms with Crippen molar-refractivity contribution in [2.45, 2.75) is 83.7 Å². The van der Waals surface area contributed by atoms with Gasteiger partial charge in [-0.3, -0.25) is 9.36 Å². The van der Waals surface area contributed by atoms with Gasteiger partial charge in [0.15, 0.2) is 0 Å². The molecule has 0 amide bonds. The monoisotopic (exact) mass is 537 g/mol. The maximum Gasteiger partial charge on any atom is 0.346 e. The number of hydrogen-bond donors (Lipinski definition) is 1. The van der Waals surface area contributed by atoms with Crippen LogP contribution in [0.3, 0.4) is 0 Å². The fraction of sp³-hybridized carbons (Fsp3) is 0.382. The molecule has 5 rings (SSSR count). The number of benzene rings is 3. The van der Waals surface area contributed by atoms with E-state index in [4.69, 9.17) is 5.10 Å². The SMILES string of the molecule is CCn1c(CCCc2ccc(-c3cccc(C4(C(=O)O)CC4)c3)cc2)nn(Cc2ccc(C(C)(C)C)cc2)c1=O. The quantitative estimate of drug-likeness (QED) is 0.255. The fourth-order valence-corrected chi connectivity index (χ4v) is 5.44. The molecule has 0 radical (unpaired) electrons. The molecular formula is C34H39N3O3. The predicted molar refractivity (Wildman–Crippen MR) is 159 cm³/mol. The second-order valence-corrected chi connectivity index (χ2v) is 12.1. The minimum atomic E-state index is -0.729. The molecule has 0 spiro atoms. The highest BCUT2D eigenvalue weighted by Gasteiger charge is 2.51. The van der Waals surface area contributed by atoms with Gasteiger partial charge in [-0.1, -0.05) is 93.6 Å². The summed E-state index contributed by atoms with van der Waals surface area (Å²) in [6, 6.07) is 24.9. The van der Waals surface area contributed by atoms with Crippen LogP contribution in [0.2, 0.25) is 0 Å². The largest absolute Gasteiger partial charge is 0.481 e. The molecule has 1 aliphatic carbocycles. The van der Waals surface area contributed by atoms with E-state index in [0.29, 0.717) is 25.9 Å². The number of aliphatic carboxylic acids is 1. The average molecular weight is 538 g/mol. The number of hydrogen-bond acceptors (Lipinski definition) is 3. The van der Waals surface area contributed by atoms with Crippen LogP contribution in [-0.2, 0) is 41.6 Å². The summed E-state index contributed by atoms with van der Waals surface area (Å²) in [5.74, 6) is 0.104.